The summed E-state index contributed by atoms with van der Waals surface area (Å²) >= 11 is 5.91. The van der Waals surface area contributed by atoms with E-state index >= 15 is 0 Å². The van der Waals surface area contributed by atoms with Crippen LogP contribution < -0.4 is 0 Å². The molecule has 0 bridgehead atoms. The zero-order chi connectivity index (χ0) is 16.5. The lowest BCUT2D eigenvalue weighted by molar-refractivity contribution is 0.387. The molecule has 0 spiro atoms. The molecule has 5 nitrogen and oxygen atoms in total. The fourth-order valence-corrected chi connectivity index (χ4v) is 5.19. The summed E-state index contributed by atoms with van der Waals surface area (Å²) in [6.45, 7) is 4.57. The summed E-state index contributed by atoms with van der Waals surface area (Å²) in [7, 11) is -7.12. The van der Waals surface area contributed by atoms with Crippen molar-refractivity contribution in [3.05, 3.63) is 40.9 Å². The lowest BCUT2D eigenvalue weighted by Gasteiger charge is -2.28. The molecule has 1 heterocycles. The van der Waals surface area contributed by atoms with Crippen LogP contribution in [0.2, 0.25) is 5.02 Å². The van der Waals surface area contributed by atoms with Crippen molar-refractivity contribution in [2.24, 2.45) is 0 Å². The smallest absolute Gasteiger partial charge is 0.229 e. The Labute approximate surface area is 136 Å². The summed E-state index contributed by atoms with van der Waals surface area (Å²) in [5.41, 5.74) is 1.27. The van der Waals surface area contributed by atoms with Crippen molar-refractivity contribution in [2.45, 2.75) is 23.5 Å². The molecule has 8 heteroatoms. The van der Waals surface area contributed by atoms with E-state index in [-0.39, 0.29) is 21.2 Å². The van der Waals surface area contributed by atoms with Gasteiger partial charge in [-0.15, -0.1) is 0 Å². The summed E-state index contributed by atoms with van der Waals surface area (Å²) in [5, 5.41) is 0.261. The maximum absolute atomic E-state index is 12.8. The second-order valence-corrected chi connectivity index (χ2v) is 9.96. The number of halogens is 1. The molecule has 0 radical (unpaired) electrons. The van der Waals surface area contributed by atoms with E-state index in [4.69, 9.17) is 11.6 Å². The molecular formula is C14H18ClNO4S2. The minimum atomic E-state index is -3.77. The SMILES string of the molecule is C=C1CCN(S(=O)(=O)c2cc(Cl)ccc2CS(C)(=O)=O)CC1. The van der Waals surface area contributed by atoms with Crippen LogP contribution in [0.15, 0.2) is 35.2 Å². The molecule has 0 unspecified atom stereocenters. The van der Waals surface area contributed by atoms with E-state index in [0.717, 1.165) is 11.8 Å². The first-order chi connectivity index (χ1) is 10.1. The van der Waals surface area contributed by atoms with E-state index < -0.39 is 19.9 Å². The third kappa shape index (κ3) is 4.10. The standard InChI is InChI=1S/C14H18ClNO4S2/c1-11-5-7-16(8-6-11)22(19,20)14-9-13(15)4-3-12(14)10-21(2,17)18/h3-4,9H,1,5-8,10H2,2H3. The van der Waals surface area contributed by atoms with Gasteiger partial charge in [-0.2, -0.15) is 4.31 Å². The minimum absolute atomic E-state index is 0.0297. The largest absolute Gasteiger partial charge is 0.243 e. The number of hydrogen-bond acceptors (Lipinski definition) is 4. The van der Waals surface area contributed by atoms with Crippen LogP contribution in [0.3, 0.4) is 0 Å². The molecule has 0 aliphatic carbocycles. The highest BCUT2D eigenvalue weighted by atomic mass is 35.5. The average molecular weight is 364 g/mol. The normalized spacial score (nSPS) is 17.6. The fourth-order valence-electron chi connectivity index (χ4n) is 2.35. The molecule has 2 rings (SSSR count). The van der Waals surface area contributed by atoms with Gasteiger partial charge in [0.25, 0.3) is 0 Å². The van der Waals surface area contributed by atoms with Gasteiger partial charge in [0, 0.05) is 24.4 Å². The van der Waals surface area contributed by atoms with Gasteiger partial charge in [-0.05, 0) is 30.5 Å². The molecule has 1 saturated heterocycles. The minimum Gasteiger partial charge on any atom is -0.229 e. The number of sulfonamides is 1. The van der Waals surface area contributed by atoms with Crippen LogP contribution in [0.1, 0.15) is 18.4 Å². The molecule has 1 aliphatic rings. The monoisotopic (exact) mass is 363 g/mol. The molecule has 0 N–H and O–H groups in total. The second-order valence-electron chi connectivity index (χ2n) is 5.48. The molecule has 1 aromatic rings. The average Bonchev–Trinajstić information content (AvgIpc) is 2.39. The Bertz CT molecular complexity index is 790. The van der Waals surface area contributed by atoms with Crippen molar-refractivity contribution >= 4 is 31.5 Å². The third-order valence-corrected chi connectivity index (χ3v) is 6.55. The Morgan fingerprint density at radius 2 is 1.77 bits per heavy atom. The highest BCUT2D eigenvalue weighted by molar-refractivity contribution is 7.90. The number of hydrogen-bond donors (Lipinski definition) is 0. The first kappa shape index (κ1) is 17.5. The van der Waals surface area contributed by atoms with Gasteiger partial charge in [0.05, 0.1) is 10.6 Å². The Morgan fingerprint density at radius 1 is 1.18 bits per heavy atom. The van der Waals surface area contributed by atoms with Gasteiger partial charge < -0.3 is 0 Å². The molecule has 0 saturated carbocycles. The van der Waals surface area contributed by atoms with Gasteiger partial charge in [-0.1, -0.05) is 29.8 Å². The van der Waals surface area contributed by atoms with Crippen LogP contribution in [-0.4, -0.2) is 40.5 Å². The van der Waals surface area contributed by atoms with Gasteiger partial charge >= 0.3 is 0 Å². The summed E-state index contributed by atoms with van der Waals surface area (Å²) in [6.07, 6.45) is 2.30. The van der Waals surface area contributed by atoms with Crippen LogP contribution in [0.4, 0.5) is 0 Å². The quantitative estimate of drug-likeness (QED) is 0.769. The lowest BCUT2D eigenvalue weighted by Crippen LogP contribution is -2.36. The van der Waals surface area contributed by atoms with Crippen molar-refractivity contribution in [1.29, 1.82) is 0 Å². The first-order valence-corrected chi connectivity index (χ1v) is 10.6. The van der Waals surface area contributed by atoms with Crippen LogP contribution in [0.25, 0.3) is 0 Å². The predicted molar refractivity (Wildman–Crippen MR) is 87.1 cm³/mol. The molecule has 0 aromatic heterocycles. The maximum Gasteiger partial charge on any atom is 0.243 e. The van der Waals surface area contributed by atoms with Crippen molar-refractivity contribution in [3.8, 4) is 0 Å². The van der Waals surface area contributed by atoms with Crippen molar-refractivity contribution in [3.63, 3.8) is 0 Å². The van der Waals surface area contributed by atoms with E-state index in [2.05, 4.69) is 6.58 Å². The second kappa shape index (κ2) is 6.31. The van der Waals surface area contributed by atoms with Gasteiger partial charge in [-0.3, -0.25) is 0 Å². The highest BCUT2D eigenvalue weighted by Gasteiger charge is 2.29. The number of piperidine rings is 1. The molecule has 0 atom stereocenters. The van der Waals surface area contributed by atoms with Gasteiger partial charge in [0.15, 0.2) is 9.84 Å². The molecular weight excluding hydrogens is 346 g/mol. The van der Waals surface area contributed by atoms with E-state index in [1.807, 2.05) is 0 Å². The van der Waals surface area contributed by atoms with Crippen LogP contribution in [0, 0.1) is 0 Å². The molecule has 122 valence electrons. The number of benzene rings is 1. The van der Waals surface area contributed by atoms with Crippen LogP contribution >= 0.6 is 11.6 Å². The van der Waals surface area contributed by atoms with E-state index in [1.54, 1.807) is 0 Å². The van der Waals surface area contributed by atoms with Gasteiger partial charge in [0.2, 0.25) is 10.0 Å². The zero-order valence-corrected chi connectivity index (χ0v) is 14.6. The molecule has 22 heavy (non-hydrogen) atoms. The van der Waals surface area contributed by atoms with Crippen molar-refractivity contribution in [2.75, 3.05) is 19.3 Å². The van der Waals surface area contributed by atoms with Gasteiger partial charge in [0.1, 0.15) is 0 Å². The summed E-state index contributed by atoms with van der Waals surface area (Å²) in [4.78, 5) is -0.0297. The van der Waals surface area contributed by atoms with Crippen molar-refractivity contribution < 1.29 is 16.8 Å². The Hall–Kier alpha value is -0.890. The van der Waals surface area contributed by atoms with Crippen molar-refractivity contribution in [1.82, 2.24) is 4.31 Å². The first-order valence-electron chi connectivity index (χ1n) is 6.72. The zero-order valence-electron chi connectivity index (χ0n) is 12.2. The highest BCUT2D eigenvalue weighted by Crippen LogP contribution is 2.28. The summed E-state index contributed by atoms with van der Waals surface area (Å²) in [6, 6.07) is 4.28. The lowest BCUT2D eigenvalue weighted by atomic mass is 10.1. The summed E-state index contributed by atoms with van der Waals surface area (Å²) in [5.74, 6) is -0.334. The fraction of sp³-hybridized carbons (Fsp3) is 0.429. The number of rotatable bonds is 4. The Morgan fingerprint density at radius 3 is 2.32 bits per heavy atom. The summed E-state index contributed by atoms with van der Waals surface area (Å²) < 4.78 is 50.0. The Balaban J connectivity index is 2.45. The van der Waals surface area contributed by atoms with Crippen LogP contribution in [0.5, 0.6) is 0 Å². The van der Waals surface area contributed by atoms with E-state index in [9.17, 15) is 16.8 Å². The topological polar surface area (TPSA) is 71.5 Å². The molecule has 1 aromatic carbocycles. The number of nitrogens with zero attached hydrogens (tertiary/aromatic N) is 1. The molecule has 0 amide bonds. The maximum atomic E-state index is 12.8. The molecule has 1 fully saturated rings. The van der Waals surface area contributed by atoms with E-state index in [0.29, 0.717) is 25.9 Å². The predicted octanol–water partition coefficient (Wildman–Crippen LogP) is 2.23. The number of sulfone groups is 1. The molecule has 1 aliphatic heterocycles. The van der Waals surface area contributed by atoms with Gasteiger partial charge in [-0.25, -0.2) is 16.8 Å². The van der Waals surface area contributed by atoms with E-state index in [1.165, 1.54) is 22.5 Å². The Kier molecular flexibility index (Phi) is 5.01. The third-order valence-electron chi connectivity index (χ3n) is 3.49. The van der Waals surface area contributed by atoms with Crippen LogP contribution in [-0.2, 0) is 25.6 Å².